The molecule has 0 aromatic carbocycles. The molecule has 1 aliphatic heterocycles. The summed E-state index contributed by atoms with van der Waals surface area (Å²) in [6.07, 6.45) is 3.45. The fraction of sp³-hybridized carbons (Fsp3) is 0.824. The van der Waals surface area contributed by atoms with E-state index in [9.17, 15) is 14.4 Å². The Hall–Kier alpha value is -1.39. The SMILES string of the molecule is C[C@H](C(=O)O[C@H]1C[C@H]2CC[C@@]1(C)C2(C)C)N1C(=O)CCC1=O. The Bertz CT molecular complexity index is 525. The Balaban J connectivity index is 1.71. The van der Waals surface area contributed by atoms with Crippen LogP contribution in [0, 0.1) is 16.7 Å². The highest BCUT2D eigenvalue weighted by Gasteiger charge is 2.63. The zero-order chi connectivity index (χ0) is 16.3. The van der Waals surface area contributed by atoms with E-state index in [1.54, 1.807) is 6.92 Å². The van der Waals surface area contributed by atoms with E-state index < -0.39 is 12.0 Å². The van der Waals surface area contributed by atoms with Gasteiger partial charge in [0.2, 0.25) is 11.8 Å². The second kappa shape index (κ2) is 4.80. The third-order valence-corrected chi connectivity index (χ3v) is 6.79. The summed E-state index contributed by atoms with van der Waals surface area (Å²) in [5.74, 6) is -0.401. The summed E-state index contributed by atoms with van der Waals surface area (Å²) in [6, 6.07) is -0.812. The zero-order valence-corrected chi connectivity index (χ0v) is 13.8. The van der Waals surface area contributed by atoms with E-state index in [-0.39, 0.29) is 41.6 Å². The zero-order valence-electron chi connectivity index (χ0n) is 13.8. The maximum atomic E-state index is 12.4. The van der Waals surface area contributed by atoms with Gasteiger partial charge in [-0.25, -0.2) is 4.79 Å². The first-order valence-electron chi connectivity index (χ1n) is 8.24. The highest BCUT2D eigenvalue weighted by molar-refractivity contribution is 6.04. The number of ether oxygens (including phenoxy) is 1. The van der Waals surface area contributed by atoms with Gasteiger partial charge in [0.1, 0.15) is 12.1 Å². The highest BCUT2D eigenvalue weighted by Crippen LogP contribution is 2.66. The second-order valence-electron chi connectivity index (χ2n) is 7.87. The van der Waals surface area contributed by atoms with Gasteiger partial charge in [-0.1, -0.05) is 20.8 Å². The standard InChI is InChI=1S/C17H25NO4/c1-10(18-13(19)5-6-14(18)20)15(21)22-12-9-11-7-8-17(12,4)16(11,2)3/h10-12H,5-9H2,1-4H3/t10-,11-,12+,17-/m1/s1. The van der Waals surface area contributed by atoms with Crippen LogP contribution < -0.4 is 0 Å². The quantitative estimate of drug-likeness (QED) is 0.593. The topological polar surface area (TPSA) is 63.7 Å². The molecule has 22 heavy (non-hydrogen) atoms. The Labute approximate surface area is 131 Å². The number of hydrogen-bond acceptors (Lipinski definition) is 4. The van der Waals surface area contributed by atoms with Crippen LogP contribution in [0.1, 0.15) is 59.8 Å². The molecule has 2 aliphatic carbocycles. The van der Waals surface area contributed by atoms with Crippen molar-refractivity contribution in [1.29, 1.82) is 0 Å². The van der Waals surface area contributed by atoms with Crippen molar-refractivity contribution >= 4 is 17.8 Å². The van der Waals surface area contributed by atoms with Gasteiger partial charge in [0.15, 0.2) is 0 Å². The lowest BCUT2D eigenvalue weighted by Crippen LogP contribution is -2.46. The van der Waals surface area contributed by atoms with Gasteiger partial charge in [0, 0.05) is 18.3 Å². The third kappa shape index (κ3) is 1.94. The Kier molecular flexibility index (Phi) is 3.38. The van der Waals surface area contributed by atoms with E-state index in [0.29, 0.717) is 5.92 Å². The first kappa shape index (κ1) is 15.5. The molecular formula is C17H25NO4. The molecule has 0 spiro atoms. The number of rotatable bonds is 3. The Morgan fingerprint density at radius 1 is 1.23 bits per heavy atom. The molecular weight excluding hydrogens is 282 g/mol. The normalized spacial score (nSPS) is 37.7. The van der Waals surface area contributed by atoms with E-state index in [1.807, 2.05) is 0 Å². The largest absolute Gasteiger partial charge is 0.460 e. The van der Waals surface area contributed by atoms with E-state index in [4.69, 9.17) is 4.74 Å². The number of amides is 2. The third-order valence-electron chi connectivity index (χ3n) is 6.79. The Morgan fingerprint density at radius 2 is 1.82 bits per heavy atom. The molecule has 2 amide bonds. The maximum absolute atomic E-state index is 12.4. The molecule has 2 bridgehead atoms. The molecule has 3 aliphatic rings. The predicted molar refractivity (Wildman–Crippen MR) is 79.7 cm³/mol. The minimum absolute atomic E-state index is 0.00786. The Morgan fingerprint density at radius 3 is 2.27 bits per heavy atom. The number of carbonyl (C=O) groups is 3. The van der Waals surface area contributed by atoms with Crippen molar-refractivity contribution in [3.05, 3.63) is 0 Å². The van der Waals surface area contributed by atoms with Crippen molar-refractivity contribution in [2.75, 3.05) is 0 Å². The molecule has 0 aromatic rings. The molecule has 3 rings (SSSR count). The van der Waals surface area contributed by atoms with Gasteiger partial charge >= 0.3 is 5.97 Å². The van der Waals surface area contributed by atoms with Gasteiger partial charge in [-0.05, 0) is 37.5 Å². The lowest BCUT2D eigenvalue weighted by molar-refractivity contribution is -0.167. The molecule has 4 atom stereocenters. The number of esters is 1. The minimum Gasteiger partial charge on any atom is -0.460 e. The number of nitrogens with zero attached hydrogens (tertiary/aromatic N) is 1. The molecule has 3 fully saturated rings. The van der Waals surface area contributed by atoms with Crippen LogP contribution in [0.4, 0.5) is 0 Å². The number of imide groups is 1. The average molecular weight is 307 g/mol. The van der Waals surface area contributed by atoms with Crippen LogP contribution in [0.15, 0.2) is 0 Å². The van der Waals surface area contributed by atoms with Crippen molar-refractivity contribution < 1.29 is 19.1 Å². The van der Waals surface area contributed by atoms with Crippen LogP contribution in [0.25, 0.3) is 0 Å². The fourth-order valence-corrected chi connectivity index (χ4v) is 4.68. The lowest BCUT2D eigenvalue weighted by Gasteiger charge is -2.39. The van der Waals surface area contributed by atoms with Crippen molar-refractivity contribution in [1.82, 2.24) is 4.90 Å². The highest BCUT2D eigenvalue weighted by atomic mass is 16.5. The van der Waals surface area contributed by atoms with Crippen LogP contribution in [0.3, 0.4) is 0 Å². The number of fused-ring (bicyclic) bond motifs is 2. The van der Waals surface area contributed by atoms with Crippen molar-refractivity contribution in [3.63, 3.8) is 0 Å². The lowest BCUT2D eigenvalue weighted by atomic mass is 9.70. The maximum Gasteiger partial charge on any atom is 0.329 e. The van der Waals surface area contributed by atoms with Crippen LogP contribution in [-0.2, 0) is 19.1 Å². The average Bonchev–Trinajstić information content (AvgIpc) is 2.95. The van der Waals surface area contributed by atoms with Crippen molar-refractivity contribution in [3.8, 4) is 0 Å². The molecule has 2 saturated carbocycles. The van der Waals surface area contributed by atoms with E-state index in [0.717, 1.165) is 17.7 Å². The van der Waals surface area contributed by atoms with E-state index >= 15 is 0 Å². The summed E-state index contributed by atoms with van der Waals surface area (Å²) >= 11 is 0. The molecule has 5 nitrogen and oxygen atoms in total. The van der Waals surface area contributed by atoms with Gasteiger partial charge in [-0.15, -0.1) is 0 Å². The first-order chi connectivity index (χ1) is 10.2. The van der Waals surface area contributed by atoms with Crippen molar-refractivity contribution in [2.24, 2.45) is 16.7 Å². The predicted octanol–water partition coefficient (Wildman–Crippen LogP) is 2.28. The first-order valence-corrected chi connectivity index (χ1v) is 8.24. The summed E-state index contributed by atoms with van der Waals surface area (Å²) < 4.78 is 5.77. The molecule has 0 radical (unpaired) electrons. The number of hydrogen-bond donors (Lipinski definition) is 0. The summed E-state index contributed by atoms with van der Waals surface area (Å²) in [5, 5.41) is 0. The second-order valence-corrected chi connectivity index (χ2v) is 7.87. The van der Waals surface area contributed by atoms with Gasteiger partial charge < -0.3 is 4.74 Å². The smallest absolute Gasteiger partial charge is 0.329 e. The number of likely N-dealkylation sites (tertiary alicyclic amines) is 1. The fourth-order valence-electron chi connectivity index (χ4n) is 4.68. The molecule has 5 heteroatoms. The summed E-state index contributed by atoms with van der Waals surface area (Å²) in [5.41, 5.74) is 0.159. The molecule has 0 unspecified atom stereocenters. The van der Waals surface area contributed by atoms with Crippen LogP contribution >= 0.6 is 0 Å². The molecule has 1 heterocycles. The van der Waals surface area contributed by atoms with E-state index in [2.05, 4.69) is 20.8 Å². The monoisotopic (exact) mass is 307 g/mol. The van der Waals surface area contributed by atoms with Crippen molar-refractivity contribution in [2.45, 2.75) is 71.9 Å². The number of carbonyl (C=O) groups excluding carboxylic acids is 3. The van der Waals surface area contributed by atoms with Crippen LogP contribution in [-0.4, -0.2) is 34.8 Å². The summed E-state index contributed by atoms with van der Waals surface area (Å²) in [7, 11) is 0. The molecule has 0 N–H and O–H groups in total. The minimum atomic E-state index is -0.812. The molecule has 122 valence electrons. The van der Waals surface area contributed by atoms with Crippen LogP contribution in [0.5, 0.6) is 0 Å². The summed E-state index contributed by atoms with van der Waals surface area (Å²) in [6.45, 7) is 8.31. The summed E-state index contributed by atoms with van der Waals surface area (Å²) in [4.78, 5) is 37.0. The van der Waals surface area contributed by atoms with Gasteiger partial charge in [0.25, 0.3) is 0 Å². The van der Waals surface area contributed by atoms with Gasteiger partial charge in [-0.3, -0.25) is 14.5 Å². The van der Waals surface area contributed by atoms with E-state index in [1.165, 1.54) is 6.42 Å². The molecule has 0 aromatic heterocycles. The van der Waals surface area contributed by atoms with Gasteiger partial charge in [0.05, 0.1) is 0 Å². The molecule has 1 saturated heterocycles. The van der Waals surface area contributed by atoms with Crippen LogP contribution in [0.2, 0.25) is 0 Å². The van der Waals surface area contributed by atoms with Gasteiger partial charge in [-0.2, -0.15) is 0 Å².